The Hall–Kier alpha value is -3.85. The highest BCUT2D eigenvalue weighted by atomic mass is 35.5. The number of fused-ring (bicyclic) bond motifs is 1. The molecule has 4 rings (SSSR count). The smallest absolute Gasteiger partial charge is 0.332 e. The number of benzene rings is 2. The summed E-state index contributed by atoms with van der Waals surface area (Å²) in [6.07, 6.45) is 1.52. The fourth-order valence-corrected chi connectivity index (χ4v) is 3.35. The zero-order valence-electron chi connectivity index (χ0n) is 16.8. The molecule has 0 bridgehead atoms. The molecule has 2 heterocycles. The fraction of sp³-hybridized carbons (Fsp3) is 0.143. The van der Waals surface area contributed by atoms with Gasteiger partial charge >= 0.3 is 5.69 Å². The van der Waals surface area contributed by atoms with Gasteiger partial charge in [-0.3, -0.25) is 18.5 Å². The number of phenolic OH excluding ortho intramolecular Hbond substituents is 1. The first-order chi connectivity index (χ1) is 14.8. The van der Waals surface area contributed by atoms with Gasteiger partial charge in [-0.1, -0.05) is 35.9 Å². The molecule has 0 aliphatic heterocycles. The van der Waals surface area contributed by atoms with Crippen LogP contribution in [0.1, 0.15) is 11.1 Å². The van der Waals surface area contributed by atoms with Crippen LogP contribution in [0, 0.1) is 0 Å². The summed E-state index contributed by atoms with van der Waals surface area (Å²) in [5, 5.41) is 14.4. The van der Waals surface area contributed by atoms with Crippen LogP contribution in [0.15, 0.2) is 63.2 Å². The molecule has 2 aromatic carbocycles. The van der Waals surface area contributed by atoms with Gasteiger partial charge in [-0.05, 0) is 35.4 Å². The number of anilines is 1. The molecule has 10 heteroatoms. The topological polar surface area (TPSA) is 106 Å². The van der Waals surface area contributed by atoms with Gasteiger partial charge in [0.25, 0.3) is 5.56 Å². The summed E-state index contributed by atoms with van der Waals surface area (Å²) in [7, 11) is 2.99. The van der Waals surface area contributed by atoms with Gasteiger partial charge in [-0.15, -0.1) is 0 Å². The highest BCUT2D eigenvalue weighted by Gasteiger charge is 2.19. The lowest BCUT2D eigenvalue weighted by Gasteiger charge is -2.09. The molecule has 0 amide bonds. The molecular weight excluding hydrogens is 420 g/mol. The fourth-order valence-electron chi connectivity index (χ4n) is 3.23. The number of rotatable bonds is 5. The SMILES string of the molecule is Cn1c(=O)c2c(nc(NN=Cc3cccc(O)c3)n2Cc2ccc(Cl)cc2)n(C)c1=O. The first-order valence-electron chi connectivity index (χ1n) is 9.34. The quantitative estimate of drug-likeness (QED) is 0.367. The van der Waals surface area contributed by atoms with Crippen molar-refractivity contribution in [3.05, 3.63) is 85.5 Å². The number of phenols is 1. The Kier molecular flexibility index (Phi) is 5.35. The molecule has 4 aromatic rings. The number of aromatic hydroxyl groups is 1. The molecule has 2 N–H and O–H groups in total. The van der Waals surface area contributed by atoms with Crippen molar-refractivity contribution in [2.45, 2.75) is 6.54 Å². The number of nitrogens with one attached hydrogen (secondary N) is 1. The molecule has 0 aliphatic rings. The Morgan fingerprint density at radius 1 is 1.13 bits per heavy atom. The largest absolute Gasteiger partial charge is 0.508 e. The van der Waals surface area contributed by atoms with Gasteiger partial charge < -0.3 is 5.11 Å². The molecule has 158 valence electrons. The monoisotopic (exact) mass is 438 g/mol. The number of hydrazone groups is 1. The van der Waals surface area contributed by atoms with Gasteiger partial charge in [0.15, 0.2) is 11.2 Å². The predicted octanol–water partition coefficient (Wildman–Crippen LogP) is 2.29. The van der Waals surface area contributed by atoms with Gasteiger partial charge in [0, 0.05) is 19.1 Å². The summed E-state index contributed by atoms with van der Waals surface area (Å²) >= 11 is 5.98. The van der Waals surface area contributed by atoms with Crippen LogP contribution in [0.4, 0.5) is 5.95 Å². The maximum Gasteiger partial charge on any atom is 0.332 e. The van der Waals surface area contributed by atoms with Gasteiger partial charge in [0.1, 0.15) is 5.75 Å². The Morgan fingerprint density at radius 3 is 2.58 bits per heavy atom. The Morgan fingerprint density at radius 2 is 1.87 bits per heavy atom. The van der Waals surface area contributed by atoms with Crippen LogP contribution >= 0.6 is 11.6 Å². The van der Waals surface area contributed by atoms with Crippen LogP contribution in [-0.4, -0.2) is 30.0 Å². The number of nitrogens with zero attached hydrogens (tertiary/aromatic N) is 5. The van der Waals surface area contributed by atoms with E-state index in [1.807, 2.05) is 12.1 Å². The van der Waals surface area contributed by atoms with E-state index in [0.717, 1.165) is 10.1 Å². The second-order valence-electron chi connectivity index (χ2n) is 6.99. The lowest BCUT2D eigenvalue weighted by Crippen LogP contribution is -2.37. The van der Waals surface area contributed by atoms with E-state index in [0.29, 0.717) is 23.1 Å². The minimum absolute atomic E-state index is 0.123. The average molecular weight is 439 g/mol. The maximum atomic E-state index is 12.9. The number of hydrogen-bond acceptors (Lipinski definition) is 6. The minimum atomic E-state index is -0.469. The third-order valence-electron chi connectivity index (χ3n) is 4.85. The Labute approximate surface area is 181 Å². The third kappa shape index (κ3) is 3.95. The van der Waals surface area contributed by atoms with E-state index < -0.39 is 11.2 Å². The van der Waals surface area contributed by atoms with E-state index in [1.54, 1.807) is 48.0 Å². The van der Waals surface area contributed by atoms with E-state index in [2.05, 4.69) is 15.5 Å². The van der Waals surface area contributed by atoms with Crippen LogP contribution in [-0.2, 0) is 20.6 Å². The maximum absolute atomic E-state index is 12.9. The average Bonchev–Trinajstić information content (AvgIpc) is 3.11. The molecule has 9 nitrogen and oxygen atoms in total. The highest BCUT2D eigenvalue weighted by Crippen LogP contribution is 2.19. The first kappa shape index (κ1) is 20.4. The van der Waals surface area contributed by atoms with Gasteiger partial charge in [0.2, 0.25) is 5.95 Å². The van der Waals surface area contributed by atoms with Crippen molar-refractivity contribution in [2.24, 2.45) is 19.2 Å². The van der Waals surface area contributed by atoms with Crippen LogP contribution in [0.2, 0.25) is 5.02 Å². The van der Waals surface area contributed by atoms with E-state index in [-0.39, 0.29) is 16.9 Å². The summed E-state index contributed by atoms with van der Waals surface area (Å²) < 4.78 is 4.03. The second kappa shape index (κ2) is 8.11. The van der Waals surface area contributed by atoms with Crippen molar-refractivity contribution in [1.82, 2.24) is 18.7 Å². The normalized spacial score (nSPS) is 11.5. The number of hydrogen-bond donors (Lipinski definition) is 2. The Balaban J connectivity index is 1.82. The van der Waals surface area contributed by atoms with Crippen molar-refractivity contribution >= 4 is 34.9 Å². The number of aryl methyl sites for hydroxylation is 1. The first-order valence-corrected chi connectivity index (χ1v) is 9.72. The molecule has 2 aromatic heterocycles. The Bertz CT molecular complexity index is 1420. The third-order valence-corrected chi connectivity index (χ3v) is 5.10. The lowest BCUT2D eigenvalue weighted by molar-refractivity contribution is 0.475. The van der Waals surface area contributed by atoms with E-state index in [1.165, 1.54) is 17.8 Å². The standard InChI is InChI=1S/C21H19ClN6O3/c1-26-18-17(19(30)27(2)21(26)31)28(12-13-6-8-15(22)9-7-13)20(24-18)25-23-11-14-4-3-5-16(29)10-14/h3-11,29H,12H2,1-2H3,(H,24,25). The van der Waals surface area contributed by atoms with Gasteiger partial charge in [-0.25, -0.2) is 10.2 Å². The number of imidazole rings is 1. The minimum Gasteiger partial charge on any atom is -0.508 e. The lowest BCUT2D eigenvalue weighted by atomic mass is 10.2. The molecule has 0 aliphatic carbocycles. The van der Waals surface area contributed by atoms with Crippen LogP contribution in [0.25, 0.3) is 11.2 Å². The van der Waals surface area contributed by atoms with Crippen LogP contribution < -0.4 is 16.7 Å². The van der Waals surface area contributed by atoms with Gasteiger partial charge in [0.05, 0.1) is 12.8 Å². The molecule has 31 heavy (non-hydrogen) atoms. The summed E-state index contributed by atoms with van der Waals surface area (Å²) in [6.45, 7) is 0.311. The molecule has 0 atom stereocenters. The van der Waals surface area contributed by atoms with Crippen LogP contribution in [0.3, 0.4) is 0 Å². The summed E-state index contributed by atoms with van der Waals surface area (Å²) in [5.41, 5.74) is 4.01. The van der Waals surface area contributed by atoms with E-state index >= 15 is 0 Å². The highest BCUT2D eigenvalue weighted by molar-refractivity contribution is 6.30. The van der Waals surface area contributed by atoms with Crippen molar-refractivity contribution in [3.63, 3.8) is 0 Å². The van der Waals surface area contributed by atoms with E-state index in [9.17, 15) is 14.7 Å². The zero-order chi connectivity index (χ0) is 22.1. The predicted molar refractivity (Wildman–Crippen MR) is 120 cm³/mol. The molecular formula is C21H19ClN6O3. The molecule has 0 radical (unpaired) electrons. The van der Waals surface area contributed by atoms with Crippen LogP contribution in [0.5, 0.6) is 5.75 Å². The molecule has 0 saturated carbocycles. The summed E-state index contributed by atoms with van der Waals surface area (Å²) in [5.74, 6) is 0.414. The number of halogens is 1. The number of aromatic nitrogens is 4. The van der Waals surface area contributed by atoms with Crippen molar-refractivity contribution in [2.75, 3.05) is 5.43 Å². The van der Waals surface area contributed by atoms with Crippen molar-refractivity contribution in [3.8, 4) is 5.75 Å². The van der Waals surface area contributed by atoms with Crippen molar-refractivity contribution in [1.29, 1.82) is 0 Å². The molecule has 0 spiro atoms. The van der Waals surface area contributed by atoms with E-state index in [4.69, 9.17) is 11.6 Å². The van der Waals surface area contributed by atoms with Crippen molar-refractivity contribution < 1.29 is 5.11 Å². The molecule has 0 fully saturated rings. The zero-order valence-corrected chi connectivity index (χ0v) is 17.5. The molecule has 0 saturated heterocycles. The summed E-state index contributed by atoms with van der Waals surface area (Å²) in [6, 6.07) is 13.8. The summed E-state index contributed by atoms with van der Waals surface area (Å²) in [4.78, 5) is 29.7. The molecule has 0 unspecified atom stereocenters. The van der Waals surface area contributed by atoms with Gasteiger partial charge in [-0.2, -0.15) is 10.1 Å². The second-order valence-corrected chi connectivity index (χ2v) is 7.43.